The van der Waals surface area contributed by atoms with Crippen LogP contribution in [0.2, 0.25) is 0 Å². The number of rotatable bonds is 5. The molecule has 0 unspecified atom stereocenters. The first kappa shape index (κ1) is 20.1. The van der Waals surface area contributed by atoms with Gasteiger partial charge in [-0.2, -0.15) is 0 Å². The molecule has 4 rings (SSSR count). The highest BCUT2D eigenvalue weighted by Gasteiger charge is 2.18. The maximum absolute atomic E-state index is 12.6. The number of anilines is 1. The number of halogens is 1. The first-order valence-corrected chi connectivity index (χ1v) is 10.8. The second-order valence-electron chi connectivity index (χ2n) is 7.52. The summed E-state index contributed by atoms with van der Waals surface area (Å²) in [6, 6.07) is 13.3. The fourth-order valence-corrected chi connectivity index (χ4v) is 4.17. The van der Waals surface area contributed by atoms with Crippen molar-refractivity contribution in [1.82, 2.24) is 19.4 Å². The van der Waals surface area contributed by atoms with Crippen LogP contribution in [0, 0.1) is 0 Å². The summed E-state index contributed by atoms with van der Waals surface area (Å²) < 4.78 is 3.16. The van der Waals surface area contributed by atoms with Gasteiger partial charge in [-0.1, -0.05) is 22.0 Å². The number of nitrogens with one attached hydrogen (secondary N) is 1. The Labute approximate surface area is 179 Å². The van der Waals surface area contributed by atoms with Gasteiger partial charge in [-0.25, -0.2) is 4.98 Å². The third-order valence-corrected chi connectivity index (χ3v) is 5.94. The Balaban J connectivity index is 1.55. The zero-order valence-corrected chi connectivity index (χ0v) is 18.4. The number of carbonyl (C=O) groups excluding carboxylic acids is 1. The van der Waals surface area contributed by atoms with Crippen LogP contribution in [0.5, 0.6) is 0 Å². The van der Waals surface area contributed by atoms with Gasteiger partial charge in [0.05, 0.1) is 17.6 Å². The van der Waals surface area contributed by atoms with E-state index in [1.54, 1.807) is 6.07 Å². The second kappa shape index (κ2) is 8.65. The topological polar surface area (TPSA) is 53.4 Å². The smallest absolute Gasteiger partial charge is 0.255 e. The summed E-state index contributed by atoms with van der Waals surface area (Å²) in [6.07, 6.45) is 0. The number of aryl methyl sites for hydroxylation is 1. The van der Waals surface area contributed by atoms with Gasteiger partial charge >= 0.3 is 0 Å². The number of likely N-dealkylation sites (N-methyl/N-ethyl adjacent to an activating group) is 1. The van der Waals surface area contributed by atoms with Crippen LogP contribution in [0.25, 0.3) is 11.0 Å². The molecule has 7 heteroatoms. The lowest BCUT2D eigenvalue weighted by Gasteiger charge is -2.32. The lowest BCUT2D eigenvalue weighted by Crippen LogP contribution is -2.44. The molecule has 6 nitrogen and oxygen atoms in total. The molecule has 0 spiro atoms. The highest BCUT2D eigenvalue weighted by Crippen LogP contribution is 2.23. The van der Waals surface area contributed by atoms with Crippen molar-refractivity contribution in [1.29, 1.82) is 0 Å². The molecule has 1 aliphatic heterocycles. The first-order valence-electron chi connectivity index (χ1n) is 10.0. The quantitative estimate of drug-likeness (QED) is 0.635. The molecule has 2 aromatic carbocycles. The third-order valence-electron chi connectivity index (χ3n) is 5.45. The van der Waals surface area contributed by atoms with Crippen LogP contribution >= 0.6 is 15.9 Å². The zero-order chi connectivity index (χ0) is 20.4. The molecule has 1 amide bonds. The SMILES string of the molecule is CCn1c(CN2CCN(C)CC2)nc2cc(NC(=O)c3cccc(Br)c3)ccc21. The minimum absolute atomic E-state index is 0.127. The predicted molar refractivity (Wildman–Crippen MR) is 120 cm³/mol. The van der Waals surface area contributed by atoms with E-state index in [4.69, 9.17) is 4.98 Å². The molecule has 152 valence electrons. The number of hydrogen-bond acceptors (Lipinski definition) is 4. The van der Waals surface area contributed by atoms with Crippen molar-refractivity contribution in [3.63, 3.8) is 0 Å². The Hall–Kier alpha value is -2.22. The molecule has 0 bridgehead atoms. The van der Waals surface area contributed by atoms with Crippen molar-refractivity contribution >= 4 is 38.6 Å². The summed E-state index contributed by atoms with van der Waals surface area (Å²) in [7, 11) is 2.17. The van der Waals surface area contributed by atoms with Crippen molar-refractivity contribution in [2.45, 2.75) is 20.0 Å². The second-order valence-corrected chi connectivity index (χ2v) is 8.44. The summed E-state index contributed by atoms with van der Waals surface area (Å²) in [5, 5.41) is 2.99. The molecule has 0 radical (unpaired) electrons. The Kier molecular flexibility index (Phi) is 5.99. The number of aromatic nitrogens is 2. The van der Waals surface area contributed by atoms with Gasteiger partial charge in [0.15, 0.2) is 0 Å². The van der Waals surface area contributed by atoms with Crippen molar-refractivity contribution in [3.8, 4) is 0 Å². The Morgan fingerprint density at radius 3 is 2.66 bits per heavy atom. The number of hydrogen-bond donors (Lipinski definition) is 1. The summed E-state index contributed by atoms with van der Waals surface area (Å²) >= 11 is 3.41. The molecule has 0 aliphatic carbocycles. The largest absolute Gasteiger partial charge is 0.327 e. The van der Waals surface area contributed by atoms with Crippen molar-refractivity contribution in [2.24, 2.45) is 0 Å². The van der Waals surface area contributed by atoms with Gasteiger partial charge in [-0.3, -0.25) is 9.69 Å². The molecule has 1 N–H and O–H groups in total. The van der Waals surface area contributed by atoms with E-state index < -0.39 is 0 Å². The van der Waals surface area contributed by atoms with Gasteiger partial charge in [-0.15, -0.1) is 0 Å². The first-order chi connectivity index (χ1) is 14.0. The van der Waals surface area contributed by atoms with Gasteiger partial charge in [-0.05, 0) is 50.4 Å². The van der Waals surface area contributed by atoms with E-state index in [0.717, 1.165) is 66.3 Å². The molecule has 0 saturated carbocycles. The molecule has 1 fully saturated rings. The van der Waals surface area contributed by atoms with Crippen LogP contribution in [0.4, 0.5) is 5.69 Å². The Morgan fingerprint density at radius 2 is 1.93 bits per heavy atom. The maximum atomic E-state index is 12.6. The fourth-order valence-electron chi connectivity index (χ4n) is 3.77. The summed E-state index contributed by atoms with van der Waals surface area (Å²) in [5.41, 5.74) is 3.41. The fraction of sp³-hybridized carbons (Fsp3) is 0.364. The van der Waals surface area contributed by atoms with E-state index in [2.05, 4.69) is 55.7 Å². The summed E-state index contributed by atoms with van der Waals surface area (Å²) in [5.74, 6) is 0.959. The number of fused-ring (bicyclic) bond motifs is 1. The summed E-state index contributed by atoms with van der Waals surface area (Å²) in [4.78, 5) is 22.3. The molecule has 1 aliphatic rings. The van der Waals surface area contributed by atoms with Gasteiger partial charge in [0, 0.05) is 48.4 Å². The monoisotopic (exact) mass is 455 g/mol. The van der Waals surface area contributed by atoms with Gasteiger partial charge in [0.2, 0.25) is 0 Å². The van der Waals surface area contributed by atoms with E-state index >= 15 is 0 Å². The maximum Gasteiger partial charge on any atom is 0.255 e. The van der Waals surface area contributed by atoms with Gasteiger partial charge in [0.25, 0.3) is 5.91 Å². The van der Waals surface area contributed by atoms with Crippen LogP contribution in [0.1, 0.15) is 23.1 Å². The van der Waals surface area contributed by atoms with Crippen molar-refractivity contribution in [3.05, 3.63) is 58.3 Å². The van der Waals surface area contributed by atoms with E-state index in [1.807, 2.05) is 30.3 Å². The lowest BCUT2D eigenvalue weighted by atomic mass is 10.2. The number of amides is 1. The van der Waals surface area contributed by atoms with Crippen molar-refractivity contribution in [2.75, 3.05) is 38.5 Å². The van der Waals surface area contributed by atoms with E-state index in [0.29, 0.717) is 5.56 Å². The molecule has 0 atom stereocenters. The van der Waals surface area contributed by atoms with Gasteiger partial charge in [0.1, 0.15) is 5.82 Å². The Bertz CT molecular complexity index is 1020. The molecule has 29 heavy (non-hydrogen) atoms. The van der Waals surface area contributed by atoms with E-state index in [-0.39, 0.29) is 5.91 Å². The number of imidazole rings is 1. The highest BCUT2D eigenvalue weighted by atomic mass is 79.9. The molecule has 1 aromatic heterocycles. The Morgan fingerprint density at radius 1 is 1.14 bits per heavy atom. The third kappa shape index (κ3) is 4.52. The molecule has 2 heterocycles. The summed E-state index contributed by atoms with van der Waals surface area (Å²) in [6.45, 7) is 8.21. The minimum atomic E-state index is -0.127. The molecule has 3 aromatic rings. The molecular formula is C22H26BrN5O. The van der Waals surface area contributed by atoms with Crippen LogP contribution in [0.15, 0.2) is 46.9 Å². The van der Waals surface area contributed by atoms with Crippen LogP contribution in [0.3, 0.4) is 0 Å². The number of nitrogens with zero attached hydrogens (tertiary/aromatic N) is 4. The number of carbonyl (C=O) groups is 1. The molecule has 1 saturated heterocycles. The standard InChI is InChI=1S/C22H26BrN5O/c1-3-28-20-8-7-18(24-22(29)16-5-4-6-17(23)13-16)14-19(20)25-21(28)15-27-11-9-26(2)10-12-27/h4-8,13-14H,3,9-12,15H2,1-2H3,(H,24,29). The van der Waals surface area contributed by atoms with E-state index in [9.17, 15) is 4.79 Å². The average Bonchev–Trinajstić information content (AvgIpc) is 3.05. The highest BCUT2D eigenvalue weighted by molar-refractivity contribution is 9.10. The normalized spacial score (nSPS) is 15.7. The molecular weight excluding hydrogens is 430 g/mol. The average molecular weight is 456 g/mol. The minimum Gasteiger partial charge on any atom is -0.327 e. The van der Waals surface area contributed by atoms with E-state index in [1.165, 1.54) is 0 Å². The van der Waals surface area contributed by atoms with Crippen molar-refractivity contribution < 1.29 is 4.79 Å². The number of benzene rings is 2. The zero-order valence-electron chi connectivity index (χ0n) is 16.9. The van der Waals surface area contributed by atoms with Crippen LogP contribution < -0.4 is 5.32 Å². The number of piperazine rings is 1. The predicted octanol–water partition coefficient (Wildman–Crippen LogP) is 3.82. The van der Waals surface area contributed by atoms with Crippen LogP contribution in [-0.2, 0) is 13.1 Å². The van der Waals surface area contributed by atoms with Gasteiger partial charge < -0.3 is 14.8 Å². The lowest BCUT2D eigenvalue weighted by molar-refractivity contribution is 0.102. The van der Waals surface area contributed by atoms with Crippen LogP contribution in [-0.4, -0.2) is 58.5 Å².